The van der Waals surface area contributed by atoms with Crippen LogP contribution in [0.1, 0.15) is 0 Å². The molecule has 5 heteroatoms. The van der Waals surface area contributed by atoms with E-state index in [1.165, 1.54) is 0 Å². The van der Waals surface area contributed by atoms with Crippen molar-refractivity contribution in [1.29, 1.82) is 0 Å². The van der Waals surface area contributed by atoms with E-state index in [1.807, 2.05) is 0 Å². The third-order valence-corrected chi connectivity index (χ3v) is 0.856. The van der Waals surface area contributed by atoms with Gasteiger partial charge in [-0.2, -0.15) is 0 Å². The second-order valence-electron chi connectivity index (χ2n) is 1.46. The first kappa shape index (κ1) is 5.61. The molecule has 1 aromatic rings. The van der Waals surface area contributed by atoms with Crippen LogP contribution in [-0.2, 0) is 0 Å². The summed E-state index contributed by atoms with van der Waals surface area (Å²) in [5.41, 5.74) is 4.78. The molecule has 1 aromatic heterocycles. The smallest absolute Gasteiger partial charge is 0.327 e. The lowest BCUT2D eigenvalue weighted by Gasteiger charge is -1.92. The number of nitrogens with two attached hydrogens (primary N) is 1. The molecule has 0 saturated heterocycles. The van der Waals surface area contributed by atoms with Gasteiger partial charge in [0, 0.05) is 0 Å². The van der Waals surface area contributed by atoms with Crippen molar-refractivity contribution in [3.63, 3.8) is 0 Å². The molecule has 9 heavy (non-hydrogen) atoms. The summed E-state index contributed by atoms with van der Waals surface area (Å²) in [6.07, 6.45) is 2.27. The highest BCUT2D eigenvalue weighted by Crippen LogP contribution is 2.03. The minimum atomic E-state index is -0.745. The molecule has 0 fully saturated rings. The Morgan fingerprint density at radius 2 is 2.56 bits per heavy atom. The van der Waals surface area contributed by atoms with Crippen molar-refractivity contribution in [3.8, 4) is 5.88 Å². The zero-order valence-electron chi connectivity index (χ0n) is 4.48. The molecule has 0 radical (unpaired) electrons. The summed E-state index contributed by atoms with van der Waals surface area (Å²) in [4.78, 5) is 13.7. The molecule has 0 unspecified atom stereocenters. The Morgan fingerprint density at radius 3 is 2.78 bits per heavy atom. The fourth-order valence-electron chi connectivity index (χ4n) is 0.458. The Kier molecular flexibility index (Phi) is 1.11. The third-order valence-electron chi connectivity index (χ3n) is 0.856. The van der Waals surface area contributed by atoms with Crippen LogP contribution < -0.4 is 5.73 Å². The topological polar surface area (TPSA) is 81.1 Å². The van der Waals surface area contributed by atoms with Gasteiger partial charge < -0.3 is 10.8 Å². The molecule has 0 aromatic carbocycles. The fourth-order valence-corrected chi connectivity index (χ4v) is 0.458. The van der Waals surface area contributed by atoms with Gasteiger partial charge in [-0.05, 0) is 0 Å². The number of amides is 1. The quantitative estimate of drug-likeness (QED) is 0.493. The van der Waals surface area contributed by atoms with Crippen molar-refractivity contribution in [2.24, 2.45) is 5.73 Å². The predicted octanol–water partition coefficient (Wildman–Crippen LogP) is -0.485. The van der Waals surface area contributed by atoms with Gasteiger partial charge in [-0.15, -0.1) is 0 Å². The van der Waals surface area contributed by atoms with Crippen molar-refractivity contribution < 1.29 is 9.90 Å². The number of aromatic hydroxyl groups is 1. The van der Waals surface area contributed by atoms with Crippen molar-refractivity contribution in [1.82, 2.24) is 9.55 Å². The van der Waals surface area contributed by atoms with Gasteiger partial charge in [0.25, 0.3) is 0 Å². The van der Waals surface area contributed by atoms with E-state index >= 15 is 0 Å². The average Bonchev–Trinajstić information content (AvgIpc) is 2.13. The van der Waals surface area contributed by atoms with Crippen molar-refractivity contribution in [3.05, 3.63) is 12.5 Å². The monoisotopic (exact) mass is 127 g/mol. The number of carbonyl (C=O) groups is 1. The van der Waals surface area contributed by atoms with E-state index in [-0.39, 0.29) is 5.88 Å². The molecule has 3 N–H and O–H groups in total. The fraction of sp³-hybridized carbons (Fsp3) is 0. The van der Waals surface area contributed by atoms with E-state index in [1.54, 1.807) is 0 Å². The number of rotatable bonds is 0. The van der Waals surface area contributed by atoms with E-state index in [4.69, 9.17) is 10.8 Å². The van der Waals surface area contributed by atoms with Crippen LogP contribution in [-0.4, -0.2) is 20.7 Å². The summed E-state index contributed by atoms with van der Waals surface area (Å²) >= 11 is 0. The maximum atomic E-state index is 10.3. The average molecular weight is 127 g/mol. The highest BCUT2D eigenvalue weighted by molar-refractivity contribution is 5.75. The molecule has 1 rings (SSSR count). The van der Waals surface area contributed by atoms with E-state index in [9.17, 15) is 4.79 Å². The molecule has 1 heterocycles. The van der Waals surface area contributed by atoms with Crippen LogP contribution in [0.15, 0.2) is 12.5 Å². The molecule has 0 bridgehead atoms. The molecule has 0 saturated carbocycles. The summed E-state index contributed by atoms with van der Waals surface area (Å²) < 4.78 is 0.833. The lowest BCUT2D eigenvalue weighted by molar-refractivity contribution is 0.247. The number of aromatic nitrogens is 2. The first-order valence-electron chi connectivity index (χ1n) is 2.23. The molecule has 0 atom stereocenters. The summed E-state index contributed by atoms with van der Waals surface area (Å²) in [5.74, 6) is -0.248. The molecule has 0 aliphatic carbocycles. The molecule has 5 nitrogen and oxygen atoms in total. The molecular formula is C4H5N3O2. The first-order valence-corrected chi connectivity index (χ1v) is 2.23. The van der Waals surface area contributed by atoms with Gasteiger partial charge in [-0.3, -0.25) is 0 Å². The minimum absolute atomic E-state index is 0.248. The molecule has 0 aliphatic rings. The van der Waals surface area contributed by atoms with Gasteiger partial charge in [0.15, 0.2) is 0 Å². The van der Waals surface area contributed by atoms with Gasteiger partial charge in [0.2, 0.25) is 5.88 Å². The summed E-state index contributed by atoms with van der Waals surface area (Å²) in [6.45, 7) is 0. The lowest BCUT2D eigenvalue weighted by Crippen LogP contribution is -2.17. The number of primary amides is 1. The highest BCUT2D eigenvalue weighted by Gasteiger charge is 2.01. The standard InChI is InChI=1S/C4H5N3O2/c5-4(9)7-2-6-1-3(7)8/h1-2,8H,(H2,5,9). The number of hydrogen-bond donors (Lipinski definition) is 2. The van der Waals surface area contributed by atoms with Gasteiger partial charge >= 0.3 is 6.03 Å². The lowest BCUT2D eigenvalue weighted by atomic mass is 10.8. The molecule has 48 valence electrons. The summed E-state index contributed by atoms with van der Waals surface area (Å²) in [6, 6.07) is -0.745. The normalized spacial score (nSPS) is 9.33. The van der Waals surface area contributed by atoms with Crippen LogP contribution in [0.3, 0.4) is 0 Å². The van der Waals surface area contributed by atoms with Crippen LogP contribution in [0.4, 0.5) is 4.79 Å². The van der Waals surface area contributed by atoms with E-state index < -0.39 is 6.03 Å². The minimum Gasteiger partial charge on any atom is -0.493 e. The SMILES string of the molecule is NC(=O)n1cncc1O. The second-order valence-corrected chi connectivity index (χ2v) is 1.46. The zero-order valence-corrected chi connectivity index (χ0v) is 4.48. The molecule has 0 spiro atoms. The second kappa shape index (κ2) is 1.77. The maximum absolute atomic E-state index is 10.3. The summed E-state index contributed by atoms with van der Waals surface area (Å²) in [5, 5.41) is 8.72. The van der Waals surface area contributed by atoms with Crippen LogP contribution in [0.5, 0.6) is 5.88 Å². The number of imidazole rings is 1. The first-order chi connectivity index (χ1) is 4.22. The van der Waals surface area contributed by atoms with E-state index in [0.717, 1.165) is 17.1 Å². The predicted molar refractivity (Wildman–Crippen MR) is 28.9 cm³/mol. The Labute approximate surface area is 50.7 Å². The third kappa shape index (κ3) is 0.835. The Morgan fingerprint density at radius 1 is 1.89 bits per heavy atom. The summed E-state index contributed by atoms with van der Waals surface area (Å²) in [7, 11) is 0. The van der Waals surface area contributed by atoms with Gasteiger partial charge in [0.1, 0.15) is 6.33 Å². The Hall–Kier alpha value is -1.52. The molecule has 1 amide bonds. The Balaban J connectivity index is 3.08. The largest absolute Gasteiger partial charge is 0.493 e. The van der Waals surface area contributed by atoms with Gasteiger partial charge in [-0.25, -0.2) is 14.3 Å². The molecular weight excluding hydrogens is 122 g/mol. The van der Waals surface area contributed by atoms with Crippen molar-refractivity contribution in [2.45, 2.75) is 0 Å². The van der Waals surface area contributed by atoms with Crippen LogP contribution in [0.25, 0.3) is 0 Å². The van der Waals surface area contributed by atoms with Gasteiger partial charge in [0.05, 0.1) is 6.20 Å². The van der Waals surface area contributed by atoms with E-state index in [0.29, 0.717) is 0 Å². The molecule has 0 aliphatic heterocycles. The van der Waals surface area contributed by atoms with Crippen molar-refractivity contribution >= 4 is 6.03 Å². The number of hydrogen-bond acceptors (Lipinski definition) is 3. The van der Waals surface area contributed by atoms with Crippen molar-refractivity contribution in [2.75, 3.05) is 0 Å². The zero-order chi connectivity index (χ0) is 6.85. The van der Waals surface area contributed by atoms with E-state index in [2.05, 4.69) is 4.98 Å². The Bertz CT molecular complexity index is 229. The van der Waals surface area contributed by atoms with Gasteiger partial charge in [-0.1, -0.05) is 0 Å². The highest BCUT2D eigenvalue weighted by atomic mass is 16.3. The number of nitrogens with zero attached hydrogens (tertiary/aromatic N) is 2. The van der Waals surface area contributed by atoms with Crippen LogP contribution >= 0.6 is 0 Å². The maximum Gasteiger partial charge on any atom is 0.327 e. The number of carbonyl (C=O) groups excluding carboxylic acids is 1. The van der Waals surface area contributed by atoms with Crippen LogP contribution in [0, 0.1) is 0 Å². The van der Waals surface area contributed by atoms with Crippen LogP contribution in [0.2, 0.25) is 0 Å².